The summed E-state index contributed by atoms with van der Waals surface area (Å²) < 4.78 is 9.46. The van der Waals surface area contributed by atoms with E-state index in [9.17, 15) is 0 Å². The fourth-order valence-corrected chi connectivity index (χ4v) is 1.80. The SMILES string of the molecule is CC(C)CCOCCn1cc(Br)c(I)n1. The second kappa shape index (κ2) is 6.85. The molecule has 0 radical (unpaired) electrons. The molecular formula is C10H16BrIN2O. The van der Waals surface area contributed by atoms with Gasteiger partial charge in [0.2, 0.25) is 0 Å². The van der Waals surface area contributed by atoms with E-state index in [-0.39, 0.29) is 0 Å². The second-order valence-corrected chi connectivity index (χ2v) is 5.70. The quantitative estimate of drug-likeness (QED) is 0.554. The first kappa shape index (κ1) is 13.4. The molecule has 15 heavy (non-hydrogen) atoms. The maximum Gasteiger partial charge on any atom is 0.137 e. The molecule has 0 amide bonds. The fourth-order valence-electron chi connectivity index (χ4n) is 1.07. The molecule has 0 saturated heterocycles. The van der Waals surface area contributed by atoms with Crippen molar-refractivity contribution in [1.82, 2.24) is 9.78 Å². The first-order valence-electron chi connectivity index (χ1n) is 5.05. The first-order valence-corrected chi connectivity index (χ1v) is 6.93. The third kappa shape index (κ3) is 5.31. The minimum absolute atomic E-state index is 0.713. The number of aromatic nitrogens is 2. The highest BCUT2D eigenvalue weighted by atomic mass is 127. The number of nitrogens with zero attached hydrogens (tertiary/aromatic N) is 2. The van der Waals surface area contributed by atoms with Crippen LogP contribution in [0.4, 0.5) is 0 Å². The highest BCUT2D eigenvalue weighted by Crippen LogP contribution is 2.16. The number of rotatable bonds is 6. The Morgan fingerprint density at radius 1 is 1.53 bits per heavy atom. The summed E-state index contributed by atoms with van der Waals surface area (Å²) in [5.41, 5.74) is 0. The molecule has 5 heteroatoms. The van der Waals surface area contributed by atoms with Crippen LogP contribution in [0.25, 0.3) is 0 Å². The van der Waals surface area contributed by atoms with E-state index in [0.717, 1.165) is 34.4 Å². The molecular weight excluding hydrogens is 371 g/mol. The summed E-state index contributed by atoms with van der Waals surface area (Å²) in [7, 11) is 0. The van der Waals surface area contributed by atoms with Crippen LogP contribution in [-0.4, -0.2) is 23.0 Å². The summed E-state index contributed by atoms with van der Waals surface area (Å²) in [6, 6.07) is 0. The normalized spacial score (nSPS) is 11.3. The molecule has 0 spiro atoms. The molecule has 0 N–H and O–H groups in total. The van der Waals surface area contributed by atoms with Crippen LogP contribution in [0.2, 0.25) is 0 Å². The first-order chi connectivity index (χ1) is 7.09. The van der Waals surface area contributed by atoms with Crippen LogP contribution in [0, 0.1) is 9.62 Å². The molecule has 1 aromatic heterocycles. The number of halogens is 2. The van der Waals surface area contributed by atoms with E-state index < -0.39 is 0 Å². The molecule has 86 valence electrons. The summed E-state index contributed by atoms with van der Waals surface area (Å²) in [5, 5.41) is 4.32. The van der Waals surface area contributed by atoms with Crippen LogP contribution < -0.4 is 0 Å². The Labute approximate surface area is 113 Å². The van der Waals surface area contributed by atoms with Crippen molar-refractivity contribution in [1.29, 1.82) is 0 Å². The van der Waals surface area contributed by atoms with Gasteiger partial charge in [-0.2, -0.15) is 5.10 Å². The van der Waals surface area contributed by atoms with Gasteiger partial charge in [0.25, 0.3) is 0 Å². The molecule has 0 saturated carbocycles. The molecule has 0 bridgehead atoms. The number of ether oxygens (including phenoxy) is 1. The van der Waals surface area contributed by atoms with Gasteiger partial charge in [0.1, 0.15) is 3.70 Å². The van der Waals surface area contributed by atoms with E-state index in [4.69, 9.17) is 4.74 Å². The van der Waals surface area contributed by atoms with Gasteiger partial charge in [0.05, 0.1) is 17.6 Å². The van der Waals surface area contributed by atoms with E-state index in [2.05, 4.69) is 57.5 Å². The van der Waals surface area contributed by atoms with Gasteiger partial charge in [0.15, 0.2) is 0 Å². The van der Waals surface area contributed by atoms with Crippen LogP contribution in [0.15, 0.2) is 10.7 Å². The van der Waals surface area contributed by atoms with Crippen molar-refractivity contribution in [3.63, 3.8) is 0 Å². The zero-order chi connectivity index (χ0) is 11.3. The summed E-state index contributed by atoms with van der Waals surface area (Å²) in [6.45, 7) is 6.81. The Kier molecular flexibility index (Phi) is 6.14. The van der Waals surface area contributed by atoms with Crippen LogP contribution >= 0.6 is 38.5 Å². The molecule has 1 aromatic rings. The van der Waals surface area contributed by atoms with Gasteiger partial charge in [-0.05, 0) is 50.9 Å². The molecule has 0 fully saturated rings. The van der Waals surface area contributed by atoms with Gasteiger partial charge in [-0.25, -0.2) is 0 Å². The highest BCUT2D eigenvalue weighted by molar-refractivity contribution is 14.1. The van der Waals surface area contributed by atoms with Gasteiger partial charge < -0.3 is 4.74 Å². The summed E-state index contributed by atoms with van der Waals surface area (Å²) in [5.74, 6) is 0.713. The molecule has 3 nitrogen and oxygen atoms in total. The van der Waals surface area contributed by atoms with E-state index in [1.807, 2.05) is 10.9 Å². The van der Waals surface area contributed by atoms with Gasteiger partial charge in [0, 0.05) is 12.8 Å². The molecule has 0 unspecified atom stereocenters. The van der Waals surface area contributed by atoms with E-state index in [0.29, 0.717) is 5.92 Å². The summed E-state index contributed by atoms with van der Waals surface area (Å²) >= 11 is 5.63. The zero-order valence-electron chi connectivity index (χ0n) is 9.04. The van der Waals surface area contributed by atoms with Crippen molar-refractivity contribution in [2.75, 3.05) is 13.2 Å². The van der Waals surface area contributed by atoms with Gasteiger partial charge >= 0.3 is 0 Å². The topological polar surface area (TPSA) is 27.1 Å². The summed E-state index contributed by atoms with van der Waals surface area (Å²) in [4.78, 5) is 0. The maximum atomic E-state index is 5.52. The standard InChI is InChI=1S/C10H16BrIN2O/c1-8(2)3-5-15-6-4-14-7-9(11)10(12)13-14/h7-8H,3-6H2,1-2H3. The van der Waals surface area contributed by atoms with Crippen molar-refractivity contribution in [2.24, 2.45) is 5.92 Å². The largest absolute Gasteiger partial charge is 0.380 e. The molecule has 0 aliphatic carbocycles. The van der Waals surface area contributed by atoms with Crippen molar-refractivity contribution in [2.45, 2.75) is 26.8 Å². The van der Waals surface area contributed by atoms with Crippen LogP contribution in [-0.2, 0) is 11.3 Å². The van der Waals surface area contributed by atoms with Crippen LogP contribution in [0.5, 0.6) is 0 Å². The van der Waals surface area contributed by atoms with Crippen molar-refractivity contribution in [3.8, 4) is 0 Å². The van der Waals surface area contributed by atoms with Gasteiger partial charge in [-0.3, -0.25) is 4.68 Å². The van der Waals surface area contributed by atoms with Crippen LogP contribution in [0.3, 0.4) is 0 Å². The molecule has 1 heterocycles. The Morgan fingerprint density at radius 3 is 2.80 bits per heavy atom. The maximum absolute atomic E-state index is 5.52. The number of hydrogen-bond donors (Lipinski definition) is 0. The van der Waals surface area contributed by atoms with Crippen molar-refractivity contribution in [3.05, 3.63) is 14.4 Å². The monoisotopic (exact) mass is 386 g/mol. The molecule has 0 atom stereocenters. The van der Waals surface area contributed by atoms with Gasteiger partial charge in [-0.15, -0.1) is 0 Å². The average molecular weight is 387 g/mol. The highest BCUT2D eigenvalue weighted by Gasteiger charge is 2.02. The Morgan fingerprint density at radius 2 is 2.27 bits per heavy atom. The van der Waals surface area contributed by atoms with E-state index >= 15 is 0 Å². The predicted molar refractivity (Wildman–Crippen MR) is 72.9 cm³/mol. The number of hydrogen-bond acceptors (Lipinski definition) is 2. The molecule has 0 aliphatic rings. The van der Waals surface area contributed by atoms with Crippen LogP contribution in [0.1, 0.15) is 20.3 Å². The third-order valence-electron chi connectivity index (χ3n) is 1.98. The zero-order valence-corrected chi connectivity index (χ0v) is 12.8. The third-order valence-corrected chi connectivity index (χ3v) is 4.10. The fraction of sp³-hybridized carbons (Fsp3) is 0.700. The predicted octanol–water partition coefficient (Wildman–Crippen LogP) is 3.31. The lowest BCUT2D eigenvalue weighted by Gasteiger charge is -2.06. The average Bonchev–Trinajstić information content (AvgIpc) is 2.45. The Hall–Kier alpha value is 0.380. The van der Waals surface area contributed by atoms with E-state index in [1.54, 1.807) is 0 Å². The molecule has 0 aromatic carbocycles. The lowest BCUT2D eigenvalue weighted by Crippen LogP contribution is -2.08. The van der Waals surface area contributed by atoms with Gasteiger partial charge in [-0.1, -0.05) is 13.8 Å². The lowest BCUT2D eigenvalue weighted by atomic mass is 10.1. The minimum Gasteiger partial charge on any atom is -0.380 e. The van der Waals surface area contributed by atoms with Crippen molar-refractivity contribution >= 4 is 38.5 Å². The van der Waals surface area contributed by atoms with E-state index in [1.165, 1.54) is 0 Å². The Balaban J connectivity index is 2.15. The summed E-state index contributed by atoms with van der Waals surface area (Å²) in [6.07, 6.45) is 3.11. The lowest BCUT2D eigenvalue weighted by molar-refractivity contribution is 0.114. The second-order valence-electron chi connectivity index (χ2n) is 3.83. The minimum atomic E-state index is 0.713. The smallest absolute Gasteiger partial charge is 0.137 e. The molecule has 0 aliphatic heterocycles. The molecule has 1 rings (SSSR count). The Bertz CT molecular complexity index is 282. The van der Waals surface area contributed by atoms with Crippen molar-refractivity contribution < 1.29 is 4.74 Å².